The van der Waals surface area contributed by atoms with Crippen molar-refractivity contribution in [2.75, 3.05) is 44.2 Å². The molecular formula is C19H28N4O. The van der Waals surface area contributed by atoms with Crippen LogP contribution in [0.5, 0.6) is 0 Å². The highest BCUT2D eigenvalue weighted by atomic mass is 16.2. The molecule has 1 aromatic rings. The summed E-state index contributed by atoms with van der Waals surface area (Å²) in [6.07, 6.45) is 5.26. The van der Waals surface area contributed by atoms with E-state index in [9.17, 15) is 4.79 Å². The highest BCUT2D eigenvalue weighted by Gasteiger charge is 2.32. The number of anilines is 1. The zero-order chi connectivity index (χ0) is 16.5. The molecule has 4 heterocycles. The predicted octanol–water partition coefficient (Wildman–Crippen LogP) is 2.00. The number of aromatic nitrogens is 1. The molecule has 130 valence electrons. The van der Waals surface area contributed by atoms with E-state index < -0.39 is 0 Å². The summed E-state index contributed by atoms with van der Waals surface area (Å²) in [5.74, 6) is 3.36. The first kappa shape index (κ1) is 15.9. The molecule has 3 aliphatic heterocycles. The number of carbonyl (C=O) groups excluding carboxylic acids is 1. The predicted molar refractivity (Wildman–Crippen MR) is 95.2 cm³/mol. The van der Waals surface area contributed by atoms with Crippen LogP contribution in [-0.4, -0.2) is 55.1 Å². The molecule has 0 spiro atoms. The lowest BCUT2D eigenvalue weighted by atomic mass is 9.92. The van der Waals surface area contributed by atoms with Crippen LogP contribution in [0.3, 0.4) is 0 Å². The van der Waals surface area contributed by atoms with E-state index in [2.05, 4.69) is 27.0 Å². The number of carbonyl (C=O) groups is 1. The topological polar surface area (TPSA) is 48.5 Å². The van der Waals surface area contributed by atoms with Crippen LogP contribution >= 0.6 is 0 Å². The molecule has 0 bridgehead atoms. The molecule has 0 aliphatic carbocycles. The summed E-state index contributed by atoms with van der Waals surface area (Å²) < 4.78 is 0. The summed E-state index contributed by atoms with van der Waals surface area (Å²) in [6, 6.07) is 3.87. The quantitative estimate of drug-likeness (QED) is 0.902. The maximum atomic E-state index is 13.0. The van der Waals surface area contributed by atoms with Gasteiger partial charge in [0.05, 0.1) is 0 Å². The Kier molecular flexibility index (Phi) is 4.44. The molecule has 3 fully saturated rings. The number of nitrogens with one attached hydrogen (secondary N) is 1. The third-order valence-corrected chi connectivity index (χ3v) is 6.05. The van der Waals surface area contributed by atoms with Crippen molar-refractivity contribution in [3.8, 4) is 0 Å². The smallest absolute Gasteiger partial charge is 0.254 e. The fraction of sp³-hybridized carbons (Fsp3) is 0.684. The summed E-state index contributed by atoms with van der Waals surface area (Å²) in [4.78, 5) is 21.8. The van der Waals surface area contributed by atoms with Crippen LogP contribution in [0.1, 0.15) is 36.5 Å². The highest BCUT2D eigenvalue weighted by molar-refractivity contribution is 5.94. The lowest BCUT2D eigenvalue weighted by molar-refractivity contribution is 0.0758. The van der Waals surface area contributed by atoms with Crippen molar-refractivity contribution < 1.29 is 4.79 Å². The van der Waals surface area contributed by atoms with Gasteiger partial charge in [-0.15, -0.1) is 0 Å². The minimum atomic E-state index is 0.179. The largest absolute Gasteiger partial charge is 0.356 e. The van der Waals surface area contributed by atoms with E-state index in [1.54, 1.807) is 6.20 Å². The molecule has 1 aromatic heterocycles. The van der Waals surface area contributed by atoms with Crippen LogP contribution in [0.4, 0.5) is 5.82 Å². The van der Waals surface area contributed by atoms with Crippen LogP contribution in [0.25, 0.3) is 0 Å². The first-order valence-corrected chi connectivity index (χ1v) is 9.41. The average Bonchev–Trinajstić information content (AvgIpc) is 3.19. The summed E-state index contributed by atoms with van der Waals surface area (Å²) >= 11 is 0. The molecule has 0 radical (unpaired) electrons. The lowest BCUT2D eigenvalue weighted by Gasteiger charge is -2.22. The lowest BCUT2D eigenvalue weighted by Crippen LogP contribution is -2.33. The summed E-state index contributed by atoms with van der Waals surface area (Å²) in [7, 11) is 0. The number of fused-ring (bicyclic) bond motifs is 1. The maximum Gasteiger partial charge on any atom is 0.254 e. The Morgan fingerprint density at radius 2 is 1.92 bits per heavy atom. The van der Waals surface area contributed by atoms with Gasteiger partial charge >= 0.3 is 0 Å². The van der Waals surface area contributed by atoms with Crippen molar-refractivity contribution in [1.82, 2.24) is 15.2 Å². The van der Waals surface area contributed by atoms with E-state index in [0.29, 0.717) is 5.92 Å². The molecule has 1 unspecified atom stereocenters. The Morgan fingerprint density at radius 3 is 2.58 bits per heavy atom. The Morgan fingerprint density at radius 1 is 1.17 bits per heavy atom. The molecule has 3 atom stereocenters. The Balaban J connectivity index is 1.46. The van der Waals surface area contributed by atoms with Gasteiger partial charge in [0.15, 0.2) is 0 Å². The van der Waals surface area contributed by atoms with Gasteiger partial charge < -0.3 is 15.1 Å². The van der Waals surface area contributed by atoms with Crippen molar-refractivity contribution in [3.63, 3.8) is 0 Å². The second-order valence-electron chi connectivity index (χ2n) is 7.79. The first-order chi connectivity index (χ1) is 11.7. The van der Waals surface area contributed by atoms with Crippen LogP contribution in [0, 0.1) is 17.8 Å². The molecule has 1 amide bonds. The molecule has 24 heavy (non-hydrogen) atoms. The Bertz CT molecular complexity index is 591. The second-order valence-corrected chi connectivity index (χ2v) is 7.79. The fourth-order valence-corrected chi connectivity index (χ4v) is 4.47. The molecular weight excluding hydrogens is 300 g/mol. The van der Waals surface area contributed by atoms with Crippen molar-refractivity contribution >= 4 is 11.7 Å². The fourth-order valence-electron chi connectivity index (χ4n) is 4.47. The second kappa shape index (κ2) is 6.71. The Labute approximate surface area is 144 Å². The van der Waals surface area contributed by atoms with E-state index in [1.165, 1.54) is 6.42 Å². The van der Waals surface area contributed by atoms with Gasteiger partial charge in [0, 0.05) is 37.9 Å². The zero-order valence-electron chi connectivity index (χ0n) is 14.6. The number of rotatable bonds is 2. The van der Waals surface area contributed by atoms with Gasteiger partial charge in [-0.1, -0.05) is 6.92 Å². The van der Waals surface area contributed by atoms with E-state index in [4.69, 9.17) is 0 Å². The van der Waals surface area contributed by atoms with Gasteiger partial charge in [0.25, 0.3) is 5.91 Å². The Hall–Kier alpha value is -1.62. The van der Waals surface area contributed by atoms with Gasteiger partial charge in [0.2, 0.25) is 0 Å². The molecule has 0 aromatic carbocycles. The van der Waals surface area contributed by atoms with Crippen LogP contribution in [0.15, 0.2) is 18.3 Å². The van der Waals surface area contributed by atoms with E-state index in [0.717, 1.165) is 75.3 Å². The van der Waals surface area contributed by atoms with Gasteiger partial charge in [0.1, 0.15) is 5.82 Å². The molecule has 1 N–H and O–H groups in total. The summed E-state index contributed by atoms with van der Waals surface area (Å²) in [6.45, 7) is 8.40. The summed E-state index contributed by atoms with van der Waals surface area (Å²) in [5.41, 5.74) is 0.796. The van der Waals surface area contributed by atoms with Gasteiger partial charge in [-0.25, -0.2) is 4.98 Å². The third-order valence-electron chi connectivity index (χ3n) is 6.05. The first-order valence-electron chi connectivity index (χ1n) is 9.41. The van der Waals surface area contributed by atoms with Crippen molar-refractivity contribution in [2.24, 2.45) is 17.8 Å². The number of pyridine rings is 1. The third kappa shape index (κ3) is 3.14. The molecule has 4 rings (SSSR count). The molecule has 3 aliphatic rings. The maximum absolute atomic E-state index is 13.0. The normalized spacial score (nSPS) is 30.3. The monoisotopic (exact) mass is 328 g/mol. The number of hydrogen-bond acceptors (Lipinski definition) is 4. The van der Waals surface area contributed by atoms with Crippen molar-refractivity contribution in [3.05, 3.63) is 23.9 Å². The number of likely N-dealkylation sites (tertiary alicyclic amines) is 1. The minimum absolute atomic E-state index is 0.179. The van der Waals surface area contributed by atoms with Crippen molar-refractivity contribution in [2.45, 2.75) is 26.2 Å². The van der Waals surface area contributed by atoms with Gasteiger partial charge in [-0.05, 0) is 62.2 Å². The summed E-state index contributed by atoms with van der Waals surface area (Å²) in [5, 5.41) is 3.49. The standard InChI is InChI=1S/C19H28N4O/c1-14-3-7-23(13-14)18-10-15(2-6-21-18)19(24)22-8-4-16-11-20-12-17(16)5-9-22/h2,6,10,14,16-17,20H,3-5,7-9,11-13H2,1H3/t14?,16-,17+. The average molecular weight is 328 g/mol. The number of amides is 1. The molecule has 5 heteroatoms. The van der Waals surface area contributed by atoms with Crippen molar-refractivity contribution in [1.29, 1.82) is 0 Å². The van der Waals surface area contributed by atoms with Crippen LogP contribution < -0.4 is 10.2 Å². The van der Waals surface area contributed by atoms with E-state index in [1.807, 2.05) is 12.1 Å². The van der Waals surface area contributed by atoms with Crippen LogP contribution in [-0.2, 0) is 0 Å². The van der Waals surface area contributed by atoms with Gasteiger partial charge in [-0.2, -0.15) is 0 Å². The highest BCUT2D eigenvalue weighted by Crippen LogP contribution is 2.28. The molecule has 3 saturated heterocycles. The number of hydrogen-bond donors (Lipinski definition) is 1. The minimum Gasteiger partial charge on any atom is -0.356 e. The van der Waals surface area contributed by atoms with Gasteiger partial charge in [-0.3, -0.25) is 4.79 Å². The van der Waals surface area contributed by atoms with E-state index >= 15 is 0 Å². The molecule has 5 nitrogen and oxygen atoms in total. The van der Waals surface area contributed by atoms with Crippen LogP contribution in [0.2, 0.25) is 0 Å². The number of nitrogens with zero attached hydrogens (tertiary/aromatic N) is 3. The zero-order valence-corrected chi connectivity index (χ0v) is 14.6. The SMILES string of the molecule is CC1CCN(c2cc(C(=O)N3CC[C@@H]4CNC[C@@H]4CC3)ccn2)C1. The van der Waals surface area contributed by atoms with E-state index in [-0.39, 0.29) is 5.91 Å². The molecule has 0 saturated carbocycles.